The molecule has 1 unspecified atom stereocenters. The van der Waals surface area contributed by atoms with Crippen molar-refractivity contribution < 1.29 is 9.53 Å². The molecule has 0 saturated carbocycles. The van der Waals surface area contributed by atoms with E-state index in [1.54, 1.807) is 4.31 Å². The van der Waals surface area contributed by atoms with Crippen molar-refractivity contribution in [1.29, 1.82) is 0 Å². The highest BCUT2D eigenvalue weighted by Crippen LogP contribution is 2.21. The zero-order valence-corrected chi connectivity index (χ0v) is 9.27. The maximum atomic E-state index is 11.5. The molecule has 4 nitrogen and oxygen atoms in total. The molecule has 0 aliphatic carbocycles. The molecule has 1 saturated heterocycles. The van der Waals surface area contributed by atoms with Crippen molar-refractivity contribution in [3.05, 3.63) is 0 Å². The zero-order valence-electron chi connectivity index (χ0n) is 8.46. The van der Waals surface area contributed by atoms with Crippen molar-refractivity contribution in [3.63, 3.8) is 0 Å². The number of nitrogens with one attached hydrogen (secondary N) is 1. The van der Waals surface area contributed by atoms with E-state index in [0.717, 1.165) is 6.54 Å². The van der Waals surface area contributed by atoms with Gasteiger partial charge in [0.15, 0.2) is 0 Å². The van der Waals surface area contributed by atoms with Gasteiger partial charge in [0.1, 0.15) is 5.60 Å². The number of ether oxygens (including phenoxy) is 1. The summed E-state index contributed by atoms with van der Waals surface area (Å²) in [6, 6.07) is 0.194. The minimum absolute atomic E-state index is 0.194. The molecule has 1 N–H and O–H groups in total. The number of amides is 1. The third-order valence-corrected chi connectivity index (χ3v) is 2.52. The second-order valence-electron chi connectivity index (χ2n) is 4.09. The molecule has 0 bridgehead atoms. The highest BCUT2D eigenvalue weighted by atomic mass is 32.2. The van der Waals surface area contributed by atoms with Gasteiger partial charge in [-0.1, -0.05) is 0 Å². The first-order valence-corrected chi connectivity index (χ1v) is 5.09. The van der Waals surface area contributed by atoms with Crippen LogP contribution in [0, 0.1) is 0 Å². The maximum Gasteiger partial charge on any atom is 0.421 e. The van der Waals surface area contributed by atoms with Gasteiger partial charge in [0, 0.05) is 18.7 Å². The Labute approximate surface area is 83.3 Å². The third-order valence-electron chi connectivity index (χ3n) is 1.52. The topological polar surface area (TPSA) is 41.6 Å². The Kier molecular flexibility index (Phi) is 3.08. The normalized spacial score (nSPS) is 23.4. The lowest BCUT2D eigenvalue weighted by Gasteiger charge is -2.24. The van der Waals surface area contributed by atoms with Crippen LogP contribution in [0.15, 0.2) is 0 Å². The fraction of sp³-hybridized carbons (Fsp3) is 0.875. The fourth-order valence-electron chi connectivity index (χ4n) is 0.924. The Bertz CT molecular complexity index is 203. The van der Waals surface area contributed by atoms with Crippen molar-refractivity contribution in [3.8, 4) is 0 Å². The van der Waals surface area contributed by atoms with Gasteiger partial charge < -0.3 is 4.74 Å². The van der Waals surface area contributed by atoms with Gasteiger partial charge in [-0.25, -0.2) is 13.8 Å². The van der Waals surface area contributed by atoms with Crippen LogP contribution in [0.5, 0.6) is 0 Å². The Balaban J connectivity index is 2.48. The Morgan fingerprint density at radius 2 is 2.23 bits per heavy atom. The lowest BCUT2D eigenvalue weighted by Crippen LogP contribution is -2.35. The van der Waals surface area contributed by atoms with Gasteiger partial charge in [-0.3, -0.25) is 0 Å². The molecule has 0 aromatic rings. The molecule has 1 rings (SSSR count). The fourth-order valence-corrected chi connectivity index (χ4v) is 1.75. The summed E-state index contributed by atoms with van der Waals surface area (Å²) in [7, 11) is 0. The third kappa shape index (κ3) is 3.08. The number of carbonyl (C=O) groups is 1. The molecule has 0 aromatic heterocycles. The number of carbonyl (C=O) groups excluding carboxylic acids is 1. The summed E-state index contributed by atoms with van der Waals surface area (Å²) < 4.78 is 9.87. The van der Waals surface area contributed by atoms with Crippen molar-refractivity contribution >= 4 is 18.2 Å². The van der Waals surface area contributed by atoms with Crippen LogP contribution >= 0.6 is 12.1 Å². The standard InChI is InChI=1S/C8H16N2O2S/c1-6-5-9-13-10(6)7(11)12-8(2,3)4/h6,9H,5H2,1-4H3. The van der Waals surface area contributed by atoms with Gasteiger partial charge in [0.05, 0.1) is 6.04 Å². The minimum Gasteiger partial charge on any atom is -0.443 e. The average Bonchev–Trinajstić information content (AvgIpc) is 2.30. The van der Waals surface area contributed by atoms with Crippen LogP contribution in [0.2, 0.25) is 0 Å². The van der Waals surface area contributed by atoms with Crippen molar-refractivity contribution in [2.24, 2.45) is 0 Å². The summed E-state index contributed by atoms with van der Waals surface area (Å²) in [5, 5.41) is 0. The average molecular weight is 204 g/mol. The van der Waals surface area contributed by atoms with Crippen LogP contribution in [-0.2, 0) is 4.74 Å². The zero-order chi connectivity index (χ0) is 10.1. The maximum absolute atomic E-state index is 11.5. The smallest absolute Gasteiger partial charge is 0.421 e. The molecule has 1 aliphatic rings. The van der Waals surface area contributed by atoms with Crippen molar-refractivity contribution in [2.45, 2.75) is 39.3 Å². The molecule has 5 heteroatoms. The van der Waals surface area contributed by atoms with Crippen molar-refractivity contribution in [2.75, 3.05) is 6.54 Å². The summed E-state index contributed by atoms with van der Waals surface area (Å²) in [5.74, 6) is 0. The van der Waals surface area contributed by atoms with Crippen molar-refractivity contribution in [1.82, 2.24) is 9.03 Å². The Hall–Kier alpha value is -0.420. The molecule has 1 amide bonds. The van der Waals surface area contributed by atoms with E-state index in [0.29, 0.717) is 0 Å². The van der Waals surface area contributed by atoms with Gasteiger partial charge in [-0.2, -0.15) is 0 Å². The predicted octanol–water partition coefficient (Wildman–Crippen LogP) is 1.78. The number of hydrogen-bond acceptors (Lipinski definition) is 4. The minimum atomic E-state index is -0.417. The van der Waals surface area contributed by atoms with E-state index in [1.165, 1.54) is 12.1 Å². The van der Waals surface area contributed by atoms with E-state index in [2.05, 4.69) is 4.72 Å². The van der Waals surface area contributed by atoms with E-state index in [1.807, 2.05) is 27.7 Å². The molecule has 76 valence electrons. The molecule has 1 atom stereocenters. The number of hydrogen-bond donors (Lipinski definition) is 1. The second kappa shape index (κ2) is 3.75. The Morgan fingerprint density at radius 1 is 1.62 bits per heavy atom. The summed E-state index contributed by atoms with van der Waals surface area (Å²) >= 11 is 1.31. The lowest BCUT2D eigenvalue weighted by atomic mass is 10.2. The van der Waals surface area contributed by atoms with Gasteiger partial charge in [0.25, 0.3) is 0 Å². The second-order valence-corrected chi connectivity index (χ2v) is 4.96. The van der Waals surface area contributed by atoms with Crippen LogP contribution < -0.4 is 4.72 Å². The van der Waals surface area contributed by atoms with Crippen LogP contribution in [0.25, 0.3) is 0 Å². The first-order valence-electron chi connectivity index (χ1n) is 4.32. The highest BCUT2D eigenvalue weighted by molar-refractivity contribution is 7.95. The molecule has 0 spiro atoms. The van der Waals surface area contributed by atoms with E-state index in [-0.39, 0.29) is 12.1 Å². The monoisotopic (exact) mass is 204 g/mol. The van der Waals surface area contributed by atoms with Gasteiger partial charge in [-0.05, 0) is 27.7 Å². The molecular formula is C8H16N2O2S. The summed E-state index contributed by atoms with van der Waals surface area (Å²) in [4.78, 5) is 11.5. The summed E-state index contributed by atoms with van der Waals surface area (Å²) in [6.07, 6.45) is -0.269. The molecule has 0 aromatic carbocycles. The largest absolute Gasteiger partial charge is 0.443 e. The molecule has 1 fully saturated rings. The summed E-state index contributed by atoms with van der Waals surface area (Å²) in [5.41, 5.74) is -0.417. The van der Waals surface area contributed by atoms with E-state index >= 15 is 0 Å². The van der Waals surface area contributed by atoms with Gasteiger partial charge in [-0.15, -0.1) is 0 Å². The first-order chi connectivity index (χ1) is 5.90. The molecule has 1 aliphatic heterocycles. The van der Waals surface area contributed by atoms with Gasteiger partial charge >= 0.3 is 6.09 Å². The van der Waals surface area contributed by atoms with Crippen LogP contribution in [-0.4, -0.2) is 28.6 Å². The molecule has 13 heavy (non-hydrogen) atoms. The predicted molar refractivity (Wildman–Crippen MR) is 53.1 cm³/mol. The highest BCUT2D eigenvalue weighted by Gasteiger charge is 2.30. The van der Waals surface area contributed by atoms with Crippen LogP contribution in [0.1, 0.15) is 27.7 Å². The SMILES string of the molecule is CC1CNSN1C(=O)OC(C)(C)C. The molecular weight excluding hydrogens is 188 g/mol. The Morgan fingerprint density at radius 3 is 2.62 bits per heavy atom. The van der Waals surface area contributed by atoms with Crippen LogP contribution in [0.3, 0.4) is 0 Å². The van der Waals surface area contributed by atoms with E-state index in [4.69, 9.17) is 4.74 Å². The van der Waals surface area contributed by atoms with E-state index < -0.39 is 5.60 Å². The molecule has 1 heterocycles. The molecule has 0 radical (unpaired) electrons. The number of rotatable bonds is 0. The van der Waals surface area contributed by atoms with Gasteiger partial charge in [0.2, 0.25) is 0 Å². The lowest BCUT2D eigenvalue weighted by molar-refractivity contribution is 0.0380. The van der Waals surface area contributed by atoms with E-state index in [9.17, 15) is 4.79 Å². The van der Waals surface area contributed by atoms with Crippen LogP contribution in [0.4, 0.5) is 4.79 Å². The number of nitrogens with zero attached hydrogens (tertiary/aromatic N) is 1. The summed E-state index contributed by atoms with van der Waals surface area (Å²) in [6.45, 7) is 8.39. The first kappa shape index (κ1) is 10.7. The quantitative estimate of drug-likeness (QED) is 0.611.